The van der Waals surface area contributed by atoms with E-state index < -0.39 is 263 Å². The maximum absolute atomic E-state index is 15.4. The van der Waals surface area contributed by atoms with Crippen LogP contribution < -0.4 is 4.74 Å². The maximum atomic E-state index is 15.4. The van der Waals surface area contributed by atoms with E-state index in [-0.39, 0.29) is 10.8 Å². The summed E-state index contributed by atoms with van der Waals surface area (Å²) in [6.07, 6.45) is -21.3. The van der Waals surface area contributed by atoms with Gasteiger partial charge in [-0.05, 0) is 36.4 Å². The number of hydrogen-bond donors (Lipinski definition) is 20. The van der Waals surface area contributed by atoms with Crippen LogP contribution in [-0.4, -0.2) is 200 Å². The Labute approximate surface area is 492 Å². The Kier molecular flexibility index (Phi) is 14.3. The Morgan fingerprint density at radius 1 is 0.472 bits per heavy atom. The topological polar surface area (TPSA) is 555 Å². The van der Waals surface area contributed by atoms with Gasteiger partial charge in [0.15, 0.2) is 87.7 Å². The minimum absolute atomic E-state index is 0.130. The number of aliphatic hydroxyl groups is 4. The summed E-state index contributed by atoms with van der Waals surface area (Å²) in [5, 5.41) is 222. The molecule has 11 rings (SSSR count). The Morgan fingerprint density at radius 2 is 0.955 bits per heavy atom. The van der Waals surface area contributed by atoms with E-state index in [2.05, 4.69) is 0 Å². The van der Waals surface area contributed by atoms with Crippen molar-refractivity contribution >= 4 is 40.6 Å². The number of aliphatic hydroxyl groups excluding tert-OH is 4. The van der Waals surface area contributed by atoms with Crippen molar-refractivity contribution in [1.29, 1.82) is 0 Å². The summed E-state index contributed by atoms with van der Waals surface area (Å²) >= 11 is 0. The minimum atomic E-state index is -2.98. The Balaban J connectivity index is 1.24. The number of rotatable bonds is 7. The second-order valence-electron chi connectivity index (χ2n) is 20.4. The van der Waals surface area contributed by atoms with Crippen molar-refractivity contribution in [3.63, 3.8) is 0 Å². The number of phenols is 16. The summed E-state index contributed by atoms with van der Waals surface area (Å²) in [7, 11) is 0. The molecule has 0 amide bonds. The molecule has 32 nitrogen and oxygen atoms in total. The highest BCUT2D eigenvalue weighted by atomic mass is 16.7. The first-order valence-corrected chi connectivity index (χ1v) is 25.7. The van der Waals surface area contributed by atoms with Gasteiger partial charge in [-0.15, -0.1) is 0 Å². The lowest BCUT2D eigenvalue weighted by atomic mass is 9.74. The van der Waals surface area contributed by atoms with Crippen LogP contribution >= 0.6 is 0 Å². The number of carbonyl (C=O) groups is 5. The number of benzene rings is 7. The van der Waals surface area contributed by atoms with Crippen molar-refractivity contribution in [2.45, 2.75) is 61.0 Å². The molecule has 2 bridgehead atoms. The van der Waals surface area contributed by atoms with E-state index in [1.165, 1.54) is 24.3 Å². The van der Waals surface area contributed by atoms with E-state index in [0.717, 1.165) is 6.07 Å². The maximum Gasteiger partial charge on any atom is 0.339 e. The molecular weight excluding hydrogens is 1200 g/mol. The van der Waals surface area contributed by atoms with Gasteiger partial charge in [0.05, 0.1) is 40.3 Å². The number of aromatic hydroxyl groups is 16. The molecule has 0 unspecified atom stereocenters. The summed E-state index contributed by atoms with van der Waals surface area (Å²) in [5.74, 6) is -35.0. The van der Waals surface area contributed by atoms with Crippen molar-refractivity contribution in [3.05, 3.63) is 99.6 Å². The van der Waals surface area contributed by atoms with Crippen LogP contribution in [-0.2, 0) is 28.4 Å². The number of cyclic esters (lactones) is 3. The van der Waals surface area contributed by atoms with Gasteiger partial charge in [-0.25, -0.2) is 24.0 Å². The summed E-state index contributed by atoms with van der Waals surface area (Å²) < 4.78 is 41.1. The molecule has 10 atom stereocenters. The summed E-state index contributed by atoms with van der Waals surface area (Å²) in [6, 6.07) is 8.05. The molecule has 0 spiro atoms. The Morgan fingerprint density at radius 3 is 1.51 bits per heavy atom. The quantitative estimate of drug-likeness (QED) is 0.0610. The second kappa shape index (κ2) is 21.5. The van der Waals surface area contributed by atoms with Crippen LogP contribution in [0.15, 0.2) is 60.7 Å². The highest BCUT2D eigenvalue weighted by molar-refractivity contribution is 6.12. The van der Waals surface area contributed by atoms with Crippen molar-refractivity contribution in [2.75, 3.05) is 13.2 Å². The van der Waals surface area contributed by atoms with E-state index >= 15 is 14.4 Å². The molecule has 0 saturated carbocycles. The molecule has 4 aliphatic heterocycles. The third kappa shape index (κ3) is 9.24. The van der Waals surface area contributed by atoms with Crippen molar-refractivity contribution < 1.29 is 159 Å². The van der Waals surface area contributed by atoms with Gasteiger partial charge in [0.2, 0.25) is 29.3 Å². The van der Waals surface area contributed by atoms with E-state index in [9.17, 15) is 112 Å². The van der Waals surface area contributed by atoms with Gasteiger partial charge >= 0.3 is 29.8 Å². The molecule has 0 aliphatic carbocycles. The molecule has 32 heteroatoms. The third-order valence-corrected chi connectivity index (χ3v) is 15.3. The number of carbonyl (C=O) groups excluding carboxylic acids is 5. The van der Waals surface area contributed by atoms with Crippen molar-refractivity contribution in [2.24, 2.45) is 0 Å². The Bertz CT molecular complexity index is 4210. The van der Waals surface area contributed by atoms with Gasteiger partial charge < -0.3 is 135 Å². The normalized spacial score (nSPS) is 23.1. The molecule has 0 aromatic heterocycles. The largest absolute Gasteiger partial charge is 0.507 e. The van der Waals surface area contributed by atoms with Gasteiger partial charge in [-0.2, -0.15) is 0 Å². The predicted molar refractivity (Wildman–Crippen MR) is 284 cm³/mol. The number of fused-ring (bicyclic) bond motifs is 8. The molecule has 464 valence electrons. The van der Waals surface area contributed by atoms with Crippen LogP contribution in [0.4, 0.5) is 0 Å². The van der Waals surface area contributed by atoms with Gasteiger partial charge in [-0.1, -0.05) is 24.3 Å². The zero-order valence-electron chi connectivity index (χ0n) is 44.3. The van der Waals surface area contributed by atoms with Gasteiger partial charge in [0, 0.05) is 44.2 Å². The van der Waals surface area contributed by atoms with Gasteiger partial charge in [-0.3, -0.25) is 0 Å². The predicted octanol–water partition coefficient (Wildman–Crippen LogP) is 1.47. The van der Waals surface area contributed by atoms with Crippen LogP contribution in [0.3, 0.4) is 0 Å². The second-order valence-corrected chi connectivity index (χ2v) is 20.4. The van der Waals surface area contributed by atoms with E-state index in [4.69, 9.17) is 33.2 Å². The van der Waals surface area contributed by atoms with Crippen LogP contribution in [0.25, 0.3) is 33.0 Å². The minimum Gasteiger partial charge on any atom is -0.507 e. The monoisotopic (exact) mass is 1240 g/mol. The molecule has 1 saturated heterocycles. The van der Waals surface area contributed by atoms with Crippen LogP contribution in [0.1, 0.15) is 68.8 Å². The summed E-state index contributed by atoms with van der Waals surface area (Å²) in [4.78, 5) is 74.8. The molecule has 7 aromatic rings. The zero-order chi connectivity index (χ0) is 64.4. The smallest absolute Gasteiger partial charge is 0.339 e. The van der Waals surface area contributed by atoms with E-state index in [1.807, 2.05) is 0 Å². The molecule has 4 aliphatic rings. The average molecular weight is 1240 g/mol. The number of phenolic OH excluding ortho intramolecular Hbond substituents is 16. The summed E-state index contributed by atoms with van der Waals surface area (Å²) in [5.41, 5.74) is -12.4. The highest BCUT2D eigenvalue weighted by Crippen LogP contribution is 2.61. The lowest BCUT2D eigenvalue weighted by Crippen LogP contribution is -2.60. The van der Waals surface area contributed by atoms with Crippen LogP contribution in [0.2, 0.25) is 0 Å². The summed E-state index contributed by atoms with van der Waals surface area (Å²) in [6.45, 7) is -2.60. The SMILES string of the molecule is O=C(O[C@@H]1COC(=O)c2cc(O)c(O)c(O)c2-c2c(cc(O)c(O)c2O)C(=O)O[C@H]1[C@@H]1OC(=O)c2cc(O)c(O)c(O)c2-c2c(O)c(O)c(O)c3c2C(=O)O[C@@H]1[C@H]3c1cc(O[C@@H]2O[C@H](CO)[C@@H](O)[C@H](O)[C@H]2O)c2ccccc2c1O)c1cc(O)c(O)c(O)c1. The van der Waals surface area contributed by atoms with Crippen molar-refractivity contribution in [3.8, 4) is 120 Å². The van der Waals surface area contributed by atoms with Crippen LogP contribution in [0.5, 0.6) is 97.7 Å². The van der Waals surface area contributed by atoms with Gasteiger partial charge in [0.25, 0.3) is 0 Å². The number of ether oxygens (including phenoxy) is 7. The molecule has 1 fully saturated rings. The zero-order valence-corrected chi connectivity index (χ0v) is 44.3. The fraction of sp³-hybridized carbons (Fsp3) is 0.211. The standard InChI is InChI=1S/C57H44O32/c58-11-26-40(69)46(75)48(77)57(86-26)85-25-10-16(35(64)15-4-2-1-3-14(15)25)31-33-34-32(44(73)47(76)45(33)74)30-19(9-24(63)39(68)43(30)72)55(81)89-51(50(31)88-56(34)82)49-27(84-52(78)13-5-20(59)36(65)21(60)6-13)12-83-53(79)17-7-22(61)37(66)41(70)28(17)29-18(54(80)87-49)8-23(62)38(67)42(29)71/h1-10,26-27,31,40,46,48-51,57-77H,11-12H2/t26-,27-,31+,40-,46+,48-,49-,50-,51+,57-/m1/s1. The van der Waals surface area contributed by atoms with E-state index in [0.29, 0.717) is 30.3 Å². The molecule has 0 radical (unpaired) electrons. The number of hydrogen-bond acceptors (Lipinski definition) is 32. The molecule has 4 heterocycles. The average Bonchev–Trinajstić information content (AvgIpc) is 0.890. The first-order valence-electron chi connectivity index (χ1n) is 25.7. The first kappa shape index (κ1) is 59.3. The first-order chi connectivity index (χ1) is 42.1. The lowest BCUT2D eigenvalue weighted by molar-refractivity contribution is -0.277. The van der Waals surface area contributed by atoms with Crippen LogP contribution in [0, 0.1) is 0 Å². The third-order valence-electron chi connectivity index (χ3n) is 15.3. The Hall–Kier alpha value is -11.5. The fourth-order valence-corrected chi connectivity index (χ4v) is 11.0. The highest BCUT2D eigenvalue weighted by Gasteiger charge is 2.56. The lowest BCUT2D eigenvalue weighted by Gasteiger charge is -2.43. The molecular formula is C57H44O32. The van der Waals surface area contributed by atoms with Crippen molar-refractivity contribution in [1.82, 2.24) is 0 Å². The molecule has 20 N–H and O–H groups in total. The number of esters is 5. The fourth-order valence-electron chi connectivity index (χ4n) is 11.0. The molecule has 7 aromatic carbocycles. The van der Waals surface area contributed by atoms with E-state index in [1.54, 1.807) is 0 Å². The van der Waals surface area contributed by atoms with Gasteiger partial charge in [0.1, 0.15) is 42.5 Å². The molecule has 89 heavy (non-hydrogen) atoms.